The van der Waals surface area contributed by atoms with Crippen LogP contribution in [0.5, 0.6) is 0 Å². The normalized spacial score (nSPS) is 10.9. The molecule has 4 aromatic rings. The minimum atomic E-state index is -0.181. The van der Waals surface area contributed by atoms with Crippen LogP contribution in [0.4, 0.5) is 0 Å². The summed E-state index contributed by atoms with van der Waals surface area (Å²) in [5.74, 6) is 0.0883. The summed E-state index contributed by atoms with van der Waals surface area (Å²) in [6.45, 7) is 2.51. The van der Waals surface area contributed by atoms with Gasteiger partial charge in [-0.3, -0.25) is 9.59 Å². The van der Waals surface area contributed by atoms with E-state index in [1.807, 2.05) is 66.9 Å². The molecule has 7 heteroatoms. The zero-order valence-electron chi connectivity index (χ0n) is 15.8. The number of aryl methyl sites for hydroxylation is 1. The van der Waals surface area contributed by atoms with Crippen LogP contribution in [0, 0.1) is 6.92 Å². The summed E-state index contributed by atoms with van der Waals surface area (Å²) in [4.78, 5) is 32.8. The SMILES string of the molecule is Cc1ccc(-c2csc3nc(SCC(=O)NCc4ccccc4)[nH]c(=O)c23)cc1. The molecule has 4 rings (SSSR count). The third-order valence-corrected chi connectivity index (χ3v) is 6.20. The zero-order chi connectivity index (χ0) is 20.2. The first-order valence-corrected chi connectivity index (χ1v) is 11.0. The Hall–Kier alpha value is -2.90. The van der Waals surface area contributed by atoms with E-state index < -0.39 is 0 Å². The van der Waals surface area contributed by atoms with Gasteiger partial charge in [0.2, 0.25) is 5.91 Å². The average Bonchev–Trinajstić information content (AvgIpc) is 3.17. The number of rotatable bonds is 6. The third-order valence-electron chi connectivity index (χ3n) is 4.46. The Morgan fingerprint density at radius 1 is 1.14 bits per heavy atom. The number of hydrogen-bond donors (Lipinski definition) is 2. The van der Waals surface area contributed by atoms with Gasteiger partial charge in [-0.2, -0.15) is 0 Å². The molecule has 0 saturated carbocycles. The zero-order valence-corrected chi connectivity index (χ0v) is 17.4. The number of carbonyl (C=O) groups excluding carboxylic acids is 1. The van der Waals surface area contributed by atoms with Gasteiger partial charge in [0.1, 0.15) is 4.83 Å². The summed E-state index contributed by atoms with van der Waals surface area (Å²) in [7, 11) is 0. The largest absolute Gasteiger partial charge is 0.351 e. The molecule has 0 fully saturated rings. The number of hydrogen-bond acceptors (Lipinski definition) is 5. The minimum Gasteiger partial charge on any atom is -0.351 e. The summed E-state index contributed by atoms with van der Waals surface area (Å²) in [5, 5.41) is 5.88. The van der Waals surface area contributed by atoms with Gasteiger partial charge in [-0.05, 0) is 18.1 Å². The van der Waals surface area contributed by atoms with E-state index in [2.05, 4.69) is 15.3 Å². The number of amides is 1. The van der Waals surface area contributed by atoms with E-state index in [-0.39, 0.29) is 17.2 Å². The van der Waals surface area contributed by atoms with Crippen LogP contribution in [0.1, 0.15) is 11.1 Å². The van der Waals surface area contributed by atoms with Crippen molar-refractivity contribution in [2.45, 2.75) is 18.6 Å². The average molecular weight is 422 g/mol. The highest BCUT2D eigenvalue weighted by Crippen LogP contribution is 2.31. The highest BCUT2D eigenvalue weighted by molar-refractivity contribution is 7.99. The molecular weight excluding hydrogens is 402 g/mol. The first-order chi connectivity index (χ1) is 14.1. The molecule has 2 aromatic carbocycles. The van der Waals surface area contributed by atoms with Gasteiger partial charge in [-0.15, -0.1) is 11.3 Å². The van der Waals surface area contributed by atoms with Crippen LogP contribution < -0.4 is 10.9 Å². The third kappa shape index (κ3) is 4.58. The van der Waals surface area contributed by atoms with Crippen LogP contribution in [0.3, 0.4) is 0 Å². The first kappa shape index (κ1) is 19.4. The minimum absolute atomic E-state index is 0.104. The Kier molecular flexibility index (Phi) is 5.78. The fraction of sp³-hybridized carbons (Fsp3) is 0.136. The van der Waals surface area contributed by atoms with Crippen molar-refractivity contribution < 1.29 is 4.79 Å². The summed E-state index contributed by atoms with van der Waals surface area (Å²) < 4.78 is 0. The Labute approximate surface area is 176 Å². The fourth-order valence-electron chi connectivity index (χ4n) is 2.92. The van der Waals surface area contributed by atoms with Crippen molar-refractivity contribution >= 4 is 39.2 Å². The molecule has 2 aromatic heterocycles. The number of benzene rings is 2. The highest BCUT2D eigenvalue weighted by Gasteiger charge is 2.14. The molecule has 0 spiro atoms. The lowest BCUT2D eigenvalue weighted by Crippen LogP contribution is -2.24. The van der Waals surface area contributed by atoms with Crippen molar-refractivity contribution in [3.05, 3.63) is 81.5 Å². The predicted octanol–water partition coefficient (Wildman–Crippen LogP) is 4.37. The highest BCUT2D eigenvalue weighted by atomic mass is 32.2. The molecule has 2 heterocycles. The lowest BCUT2D eigenvalue weighted by molar-refractivity contribution is -0.118. The molecule has 0 bridgehead atoms. The number of thioether (sulfide) groups is 1. The van der Waals surface area contributed by atoms with E-state index in [1.165, 1.54) is 28.7 Å². The molecule has 29 heavy (non-hydrogen) atoms. The van der Waals surface area contributed by atoms with Gasteiger partial charge < -0.3 is 10.3 Å². The van der Waals surface area contributed by atoms with Crippen LogP contribution >= 0.6 is 23.1 Å². The first-order valence-electron chi connectivity index (χ1n) is 9.12. The Bertz CT molecular complexity index is 1200. The second-order valence-corrected chi connectivity index (χ2v) is 8.44. The summed E-state index contributed by atoms with van der Waals surface area (Å²) in [6, 6.07) is 17.8. The van der Waals surface area contributed by atoms with Gasteiger partial charge in [0.25, 0.3) is 5.56 Å². The van der Waals surface area contributed by atoms with Crippen LogP contribution in [0.25, 0.3) is 21.3 Å². The van der Waals surface area contributed by atoms with Crippen LogP contribution in [0.2, 0.25) is 0 Å². The van der Waals surface area contributed by atoms with Crippen molar-refractivity contribution in [1.82, 2.24) is 15.3 Å². The van der Waals surface area contributed by atoms with Crippen molar-refractivity contribution in [3.63, 3.8) is 0 Å². The molecule has 146 valence electrons. The lowest BCUT2D eigenvalue weighted by Gasteiger charge is -2.05. The number of nitrogens with zero attached hydrogens (tertiary/aromatic N) is 1. The van der Waals surface area contributed by atoms with E-state index in [9.17, 15) is 9.59 Å². The Morgan fingerprint density at radius 2 is 1.90 bits per heavy atom. The van der Waals surface area contributed by atoms with Gasteiger partial charge in [-0.25, -0.2) is 4.98 Å². The van der Waals surface area contributed by atoms with Crippen molar-refractivity contribution in [2.75, 3.05) is 5.75 Å². The van der Waals surface area contributed by atoms with E-state index in [4.69, 9.17) is 0 Å². The second-order valence-electron chi connectivity index (χ2n) is 6.62. The maximum atomic E-state index is 12.7. The molecular formula is C22H19N3O2S2. The van der Waals surface area contributed by atoms with E-state index in [0.29, 0.717) is 21.9 Å². The van der Waals surface area contributed by atoms with Crippen LogP contribution in [0.15, 0.2) is 69.9 Å². The molecule has 0 radical (unpaired) electrons. The topological polar surface area (TPSA) is 74.8 Å². The van der Waals surface area contributed by atoms with Gasteiger partial charge in [0, 0.05) is 17.5 Å². The number of nitrogens with one attached hydrogen (secondary N) is 2. The summed E-state index contributed by atoms with van der Waals surface area (Å²) in [6.07, 6.45) is 0. The van der Waals surface area contributed by atoms with Crippen molar-refractivity contribution in [2.24, 2.45) is 0 Å². The smallest absolute Gasteiger partial charge is 0.260 e. The Balaban J connectivity index is 1.46. The van der Waals surface area contributed by atoms with Gasteiger partial charge in [0.15, 0.2) is 5.16 Å². The molecule has 0 saturated heterocycles. The molecule has 0 unspecified atom stereocenters. The van der Waals surface area contributed by atoms with Crippen LogP contribution in [-0.4, -0.2) is 21.6 Å². The van der Waals surface area contributed by atoms with Gasteiger partial charge in [0.05, 0.1) is 11.1 Å². The number of carbonyl (C=O) groups is 1. The van der Waals surface area contributed by atoms with Crippen molar-refractivity contribution in [3.8, 4) is 11.1 Å². The number of fused-ring (bicyclic) bond motifs is 1. The second kappa shape index (κ2) is 8.63. The quantitative estimate of drug-likeness (QED) is 0.358. The number of aromatic nitrogens is 2. The predicted molar refractivity (Wildman–Crippen MR) is 119 cm³/mol. The number of H-pyrrole nitrogens is 1. The number of aromatic amines is 1. The lowest BCUT2D eigenvalue weighted by atomic mass is 10.1. The summed E-state index contributed by atoms with van der Waals surface area (Å²) >= 11 is 2.67. The monoisotopic (exact) mass is 421 g/mol. The molecule has 1 amide bonds. The van der Waals surface area contributed by atoms with E-state index >= 15 is 0 Å². The molecule has 0 aliphatic carbocycles. The molecule has 5 nitrogen and oxygen atoms in total. The van der Waals surface area contributed by atoms with E-state index in [0.717, 1.165) is 16.7 Å². The van der Waals surface area contributed by atoms with Crippen molar-refractivity contribution in [1.29, 1.82) is 0 Å². The maximum absolute atomic E-state index is 12.7. The summed E-state index contributed by atoms with van der Waals surface area (Å²) in [5.41, 5.74) is 3.91. The molecule has 2 N–H and O–H groups in total. The molecule has 0 atom stereocenters. The van der Waals surface area contributed by atoms with Crippen LogP contribution in [-0.2, 0) is 11.3 Å². The van der Waals surface area contributed by atoms with E-state index in [1.54, 1.807) is 0 Å². The molecule has 0 aliphatic heterocycles. The van der Waals surface area contributed by atoms with Gasteiger partial charge >= 0.3 is 0 Å². The van der Waals surface area contributed by atoms with Gasteiger partial charge in [-0.1, -0.05) is 71.9 Å². The maximum Gasteiger partial charge on any atom is 0.260 e. The standard InChI is InChI=1S/C22H19N3O2S2/c1-14-7-9-16(10-8-14)17-12-28-21-19(17)20(27)24-22(25-21)29-13-18(26)23-11-15-5-3-2-4-6-15/h2-10,12H,11,13H2,1H3,(H,23,26)(H,24,25,27). The number of thiophene rings is 1. The Morgan fingerprint density at radius 3 is 2.66 bits per heavy atom. The molecule has 0 aliphatic rings. The fourth-order valence-corrected chi connectivity index (χ4v) is 4.62.